The number of nitrogens with zero attached hydrogens (tertiary/aromatic N) is 1. The van der Waals surface area contributed by atoms with Crippen molar-refractivity contribution in [2.75, 3.05) is 13.1 Å². The van der Waals surface area contributed by atoms with Gasteiger partial charge in [-0.3, -0.25) is 4.99 Å². The molecule has 3 heteroatoms. The Morgan fingerprint density at radius 2 is 2.13 bits per heavy atom. The Hall–Kier alpha value is -0.730. The van der Waals surface area contributed by atoms with Crippen molar-refractivity contribution in [2.24, 2.45) is 22.1 Å². The minimum absolute atomic E-state index is 0.267. The summed E-state index contributed by atoms with van der Waals surface area (Å²) in [5.74, 6) is 1.45. The third kappa shape index (κ3) is 4.54. The quantitative estimate of drug-likeness (QED) is 0.540. The highest BCUT2D eigenvalue weighted by Gasteiger charge is 2.17. The van der Waals surface area contributed by atoms with Crippen LogP contribution >= 0.6 is 0 Å². The summed E-state index contributed by atoms with van der Waals surface area (Å²) in [7, 11) is 0. The third-order valence-electron chi connectivity index (χ3n) is 3.43. The summed E-state index contributed by atoms with van der Waals surface area (Å²) in [6, 6.07) is 0. The van der Waals surface area contributed by atoms with Crippen LogP contribution in [-0.4, -0.2) is 19.0 Å². The first-order valence-corrected chi connectivity index (χ1v) is 6.07. The van der Waals surface area contributed by atoms with Gasteiger partial charge in [-0.25, -0.2) is 0 Å². The summed E-state index contributed by atoms with van der Waals surface area (Å²) in [6.07, 6.45) is 5.21. The summed E-state index contributed by atoms with van der Waals surface area (Å²) in [5.41, 5.74) is 6.07. The van der Waals surface area contributed by atoms with E-state index in [1.807, 2.05) is 0 Å². The molecule has 0 atom stereocenters. The van der Waals surface area contributed by atoms with Crippen molar-refractivity contribution in [1.82, 2.24) is 5.32 Å². The van der Waals surface area contributed by atoms with E-state index in [9.17, 15) is 0 Å². The number of rotatable bonds is 5. The molecule has 0 spiro atoms. The van der Waals surface area contributed by atoms with Crippen LogP contribution in [0.1, 0.15) is 46.5 Å². The molecule has 0 aromatic carbocycles. The van der Waals surface area contributed by atoms with Crippen molar-refractivity contribution in [3.05, 3.63) is 0 Å². The summed E-state index contributed by atoms with van der Waals surface area (Å²) >= 11 is 0. The van der Waals surface area contributed by atoms with Gasteiger partial charge >= 0.3 is 0 Å². The molecule has 0 radical (unpaired) electrons. The number of hydrogen-bond donors (Lipinski definition) is 2. The van der Waals surface area contributed by atoms with Crippen LogP contribution < -0.4 is 11.1 Å². The lowest BCUT2D eigenvalue weighted by Crippen LogP contribution is -2.38. The standard InChI is InChI=1S/C12H25N3/c1-4-12(2,3)9-15-11(13)14-8-10-6-5-7-10/h10H,4-9H2,1-3H3,(H3,13,14,15). The molecule has 0 heterocycles. The van der Waals surface area contributed by atoms with Crippen molar-refractivity contribution in [3.8, 4) is 0 Å². The van der Waals surface area contributed by atoms with Gasteiger partial charge in [-0.05, 0) is 30.6 Å². The molecule has 0 aliphatic heterocycles. The Balaban J connectivity index is 2.19. The largest absolute Gasteiger partial charge is 0.370 e. The molecule has 3 N–H and O–H groups in total. The second-order valence-electron chi connectivity index (χ2n) is 5.40. The zero-order valence-corrected chi connectivity index (χ0v) is 10.3. The van der Waals surface area contributed by atoms with Gasteiger partial charge in [0.1, 0.15) is 0 Å². The van der Waals surface area contributed by atoms with E-state index in [4.69, 9.17) is 5.73 Å². The van der Waals surface area contributed by atoms with Crippen LogP contribution in [0.3, 0.4) is 0 Å². The molecule has 1 rings (SSSR count). The topological polar surface area (TPSA) is 50.4 Å². The minimum atomic E-state index is 0.267. The van der Waals surface area contributed by atoms with Crippen LogP contribution in [0, 0.1) is 11.3 Å². The Kier molecular flexibility index (Phi) is 4.43. The van der Waals surface area contributed by atoms with Gasteiger partial charge in [0.25, 0.3) is 0 Å². The average molecular weight is 211 g/mol. The molecule has 88 valence electrons. The third-order valence-corrected chi connectivity index (χ3v) is 3.43. The fourth-order valence-corrected chi connectivity index (χ4v) is 1.41. The molecule has 1 aliphatic carbocycles. The summed E-state index contributed by atoms with van der Waals surface area (Å²) in [6.45, 7) is 8.44. The average Bonchev–Trinajstić information content (AvgIpc) is 2.13. The zero-order valence-electron chi connectivity index (χ0n) is 10.3. The van der Waals surface area contributed by atoms with Crippen LogP contribution in [0.4, 0.5) is 0 Å². The maximum absolute atomic E-state index is 5.80. The summed E-state index contributed by atoms with van der Waals surface area (Å²) < 4.78 is 0. The van der Waals surface area contributed by atoms with E-state index in [1.165, 1.54) is 19.3 Å². The summed E-state index contributed by atoms with van der Waals surface area (Å²) in [4.78, 5) is 4.38. The molecule has 1 aliphatic rings. The van der Waals surface area contributed by atoms with Gasteiger partial charge in [0.2, 0.25) is 0 Å². The zero-order chi connectivity index (χ0) is 11.3. The van der Waals surface area contributed by atoms with Crippen LogP contribution in [-0.2, 0) is 0 Å². The second kappa shape index (κ2) is 5.38. The molecule has 0 saturated heterocycles. The maximum atomic E-state index is 5.80. The van der Waals surface area contributed by atoms with E-state index in [2.05, 4.69) is 31.1 Å². The number of nitrogens with one attached hydrogen (secondary N) is 1. The van der Waals surface area contributed by atoms with Gasteiger partial charge in [0.05, 0.1) is 0 Å². The smallest absolute Gasteiger partial charge is 0.188 e. The molecule has 15 heavy (non-hydrogen) atoms. The highest BCUT2D eigenvalue weighted by atomic mass is 15.1. The Bertz CT molecular complexity index is 217. The normalized spacial score (nSPS) is 18.7. The van der Waals surface area contributed by atoms with Crippen LogP contribution in [0.25, 0.3) is 0 Å². The van der Waals surface area contributed by atoms with E-state index in [1.54, 1.807) is 0 Å². The van der Waals surface area contributed by atoms with Gasteiger partial charge < -0.3 is 11.1 Å². The first-order chi connectivity index (χ1) is 7.03. The molecular weight excluding hydrogens is 186 g/mol. The van der Waals surface area contributed by atoms with Crippen molar-refractivity contribution in [1.29, 1.82) is 0 Å². The number of aliphatic imine (C=N–C) groups is 1. The lowest BCUT2D eigenvalue weighted by atomic mass is 9.85. The number of nitrogens with two attached hydrogens (primary N) is 1. The predicted molar refractivity (Wildman–Crippen MR) is 65.9 cm³/mol. The van der Waals surface area contributed by atoms with Crippen molar-refractivity contribution < 1.29 is 0 Å². The van der Waals surface area contributed by atoms with Crippen molar-refractivity contribution >= 4 is 5.96 Å². The number of hydrogen-bond acceptors (Lipinski definition) is 1. The number of guanidine groups is 1. The minimum Gasteiger partial charge on any atom is -0.370 e. The fourth-order valence-electron chi connectivity index (χ4n) is 1.41. The van der Waals surface area contributed by atoms with Gasteiger partial charge in [-0.15, -0.1) is 0 Å². The monoisotopic (exact) mass is 211 g/mol. The van der Waals surface area contributed by atoms with Gasteiger partial charge in [0.15, 0.2) is 5.96 Å². The second-order valence-corrected chi connectivity index (χ2v) is 5.40. The van der Waals surface area contributed by atoms with Crippen molar-refractivity contribution in [2.45, 2.75) is 46.5 Å². The maximum Gasteiger partial charge on any atom is 0.188 e. The van der Waals surface area contributed by atoms with Gasteiger partial charge in [-0.1, -0.05) is 27.2 Å². The fraction of sp³-hybridized carbons (Fsp3) is 0.917. The molecule has 0 amide bonds. The van der Waals surface area contributed by atoms with E-state index in [0.29, 0.717) is 5.96 Å². The first kappa shape index (κ1) is 12.3. The van der Waals surface area contributed by atoms with Crippen LogP contribution in [0.2, 0.25) is 0 Å². The Morgan fingerprint density at radius 3 is 2.60 bits per heavy atom. The van der Waals surface area contributed by atoms with Crippen LogP contribution in [0.5, 0.6) is 0 Å². The van der Waals surface area contributed by atoms with E-state index < -0.39 is 0 Å². The Morgan fingerprint density at radius 1 is 1.47 bits per heavy atom. The molecule has 1 saturated carbocycles. The molecule has 3 nitrogen and oxygen atoms in total. The van der Waals surface area contributed by atoms with Gasteiger partial charge in [-0.2, -0.15) is 0 Å². The molecule has 0 unspecified atom stereocenters. The molecular formula is C12H25N3. The highest BCUT2D eigenvalue weighted by molar-refractivity contribution is 5.77. The molecule has 0 bridgehead atoms. The predicted octanol–water partition coefficient (Wildman–Crippen LogP) is 2.13. The Labute approximate surface area is 93.5 Å². The molecule has 1 fully saturated rings. The first-order valence-electron chi connectivity index (χ1n) is 6.07. The van der Waals surface area contributed by atoms with Gasteiger partial charge in [0, 0.05) is 13.1 Å². The van der Waals surface area contributed by atoms with Crippen LogP contribution in [0.15, 0.2) is 4.99 Å². The molecule has 0 aromatic heterocycles. The summed E-state index contributed by atoms with van der Waals surface area (Å²) in [5, 5.41) is 3.21. The van der Waals surface area contributed by atoms with E-state index >= 15 is 0 Å². The van der Waals surface area contributed by atoms with E-state index in [-0.39, 0.29) is 5.41 Å². The SMILES string of the molecule is CCC(C)(C)CN=C(N)NCC1CCC1. The lowest BCUT2D eigenvalue weighted by molar-refractivity contribution is 0.314. The highest BCUT2D eigenvalue weighted by Crippen LogP contribution is 2.25. The molecule has 0 aromatic rings. The van der Waals surface area contributed by atoms with E-state index in [0.717, 1.165) is 25.4 Å². The lowest BCUT2D eigenvalue weighted by Gasteiger charge is -2.26. The van der Waals surface area contributed by atoms with Crippen molar-refractivity contribution in [3.63, 3.8) is 0 Å².